The number of carbonyl (C=O) groups excluding carboxylic acids is 1. The Kier molecular flexibility index (Phi) is 8.09. The lowest BCUT2D eigenvalue weighted by atomic mass is 10.2. The van der Waals surface area contributed by atoms with E-state index in [9.17, 15) is 4.79 Å². The van der Waals surface area contributed by atoms with E-state index >= 15 is 0 Å². The third-order valence-electron chi connectivity index (χ3n) is 3.65. The normalized spacial score (nSPS) is 13.6. The van der Waals surface area contributed by atoms with E-state index in [1.807, 2.05) is 6.07 Å². The van der Waals surface area contributed by atoms with Gasteiger partial charge in [0.1, 0.15) is 0 Å². The van der Waals surface area contributed by atoms with Crippen molar-refractivity contribution in [3.05, 3.63) is 66.9 Å². The summed E-state index contributed by atoms with van der Waals surface area (Å²) in [5.74, 6) is 1.96. The lowest BCUT2D eigenvalue weighted by Gasteiger charge is -2.04. The third kappa shape index (κ3) is 5.66. The van der Waals surface area contributed by atoms with Crippen LogP contribution in [0.4, 0.5) is 0 Å². The van der Waals surface area contributed by atoms with Gasteiger partial charge in [0, 0.05) is 18.4 Å². The number of nitrogens with one attached hydrogen (secondary N) is 1. The van der Waals surface area contributed by atoms with Crippen LogP contribution in [-0.4, -0.2) is 35.6 Å². The molecule has 0 unspecified atom stereocenters. The Labute approximate surface area is 153 Å². The maximum Gasteiger partial charge on any atom is 0.229 e. The molecular formula is C20H25N3OS. The number of fused-ring (bicyclic) bond motifs is 1. The molecule has 3 aromatic rings. The van der Waals surface area contributed by atoms with Gasteiger partial charge < -0.3 is 15.6 Å². The number of amides is 1. The quantitative estimate of drug-likeness (QED) is 0.703. The Bertz CT molecular complexity index is 761. The van der Waals surface area contributed by atoms with Gasteiger partial charge in [-0.3, -0.25) is 4.79 Å². The zero-order valence-corrected chi connectivity index (χ0v) is 15.3. The summed E-state index contributed by atoms with van der Waals surface area (Å²) < 4.78 is 2.20. The van der Waals surface area contributed by atoms with Crippen molar-refractivity contribution >= 4 is 28.6 Å². The summed E-state index contributed by atoms with van der Waals surface area (Å²) in [6.07, 6.45) is 3.23. The number of carbonyl (C=O) groups is 1. The molecule has 1 aliphatic heterocycles. The molecule has 1 fully saturated rings. The minimum Gasteiger partial charge on any atom is -0.355 e. The number of nitrogens with zero attached hydrogens (tertiary/aromatic N) is 1. The Balaban J connectivity index is 0.000000192. The van der Waals surface area contributed by atoms with Crippen LogP contribution in [0.1, 0.15) is 6.42 Å². The Morgan fingerprint density at radius 1 is 1.00 bits per heavy atom. The van der Waals surface area contributed by atoms with E-state index in [-0.39, 0.29) is 5.91 Å². The third-order valence-corrected chi connectivity index (χ3v) is 4.70. The van der Waals surface area contributed by atoms with Crippen LogP contribution in [-0.2, 0) is 4.79 Å². The minimum absolute atomic E-state index is 0.188. The minimum atomic E-state index is 0.188. The van der Waals surface area contributed by atoms with Crippen LogP contribution in [0.15, 0.2) is 66.9 Å². The molecule has 0 atom stereocenters. The van der Waals surface area contributed by atoms with Gasteiger partial charge in [0.25, 0.3) is 0 Å². The summed E-state index contributed by atoms with van der Waals surface area (Å²) in [6, 6.07) is 20.9. The molecule has 1 aromatic heterocycles. The Morgan fingerprint density at radius 2 is 1.72 bits per heavy atom. The summed E-state index contributed by atoms with van der Waals surface area (Å²) in [5, 5.41) is 4.06. The van der Waals surface area contributed by atoms with Gasteiger partial charge in [-0.25, -0.2) is 0 Å². The molecule has 25 heavy (non-hydrogen) atoms. The maximum absolute atomic E-state index is 10.6. The van der Waals surface area contributed by atoms with Gasteiger partial charge in [0.15, 0.2) is 0 Å². The first-order chi connectivity index (χ1) is 12.3. The van der Waals surface area contributed by atoms with Crippen molar-refractivity contribution in [1.29, 1.82) is 0 Å². The standard InChI is InChI=1S/C14H11N.C5H9NOS.CH5N/c1-2-7-13(8-3-1)15-11-10-12-6-4-5-9-14(12)15;7-5-4-8-3-1-2-6-5;1-2/h1-11H;1-4H2,(H,6,7);2H2,1H3. The fraction of sp³-hybridized carbons (Fsp3) is 0.250. The predicted molar refractivity (Wildman–Crippen MR) is 108 cm³/mol. The highest BCUT2D eigenvalue weighted by Gasteiger charge is 2.03. The van der Waals surface area contributed by atoms with Crippen molar-refractivity contribution in [3.8, 4) is 5.69 Å². The van der Waals surface area contributed by atoms with E-state index in [4.69, 9.17) is 0 Å². The number of rotatable bonds is 1. The number of hydrogen-bond acceptors (Lipinski definition) is 3. The topological polar surface area (TPSA) is 60.1 Å². The van der Waals surface area contributed by atoms with Crippen LogP contribution in [0, 0.1) is 0 Å². The summed E-state index contributed by atoms with van der Waals surface area (Å²) in [4.78, 5) is 10.6. The van der Waals surface area contributed by atoms with Crippen molar-refractivity contribution in [1.82, 2.24) is 9.88 Å². The van der Waals surface area contributed by atoms with Crippen LogP contribution < -0.4 is 11.1 Å². The molecule has 2 heterocycles. The Morgan fingerprint density at radius 3 is 2.52 bits per heavy atom. The van der Waals surface area contributed by atoms with E-state index in [0.29, 0.717) is 5.75 Å². The fourth-order valence-electron chi connectivity index (χ4n) is 2.51. The predicted octanol–water partition coefficient (Wildman–Crippen LogP) is 3.44. The average molecular weight is 356 g/mol. The summed E-state index contributed by atoms with van der Waals surface area (Å²) >= 11 is 1.71. The SMILES string of the molecule is CN.O=C1CSCCCN1.c1ccc(-n2ccc3ccccc32)cc1. The zero-order valence-electron chi connectivity index (χ0n) is 14.5. The van der Waals surface area contributed by atoms with Crippen molar-refractivity contribution < 1.29 is 4.79 Å². The van der Waals surface area contributed by atoms with E-state index < -0.39 is 0 Å². The molecule has 0 radical (unpaired) electrons. The first kappa shape index (κ1) is 19.1. The summed E-state index contributed by atoms with van der Waals surface area (Å²) in [5.41, 5.74) is 6.96. The van der Waals surface area contributed by atoms with Gasteiger partial charge in [-0.1, -0.05) is 36.4 Å². The van der Waals surface area contributed by atoms with Gasteiger partial charge in [-0.2, -0.15) is 11.8 Å². The lowest BCUT2D eigenvalue weighted by molar-refractivity contribution is -0.118. The first-order valence-corrected chi connectivity index (χ1v) is 9.54. The number of hydrogen-bond donors (Lipinski definition) is 2. The second-order valence-corrected chi connectivity index (χ2v) is 6.44. The van der Waals surface area contributed by atoms with Crippen molar-refractivity contribution in [2.24, 2.45) is 5.73 Å². The molecule has 4 nitrogen and oxygen atoms in total. The molecule has 1 amide bonds. The fourth-order valence-corrected chi connectivity index (χ4v) is 3.29. The van der Waals surface area contributed by atoms with E-state index in [0.717, 1.165) is 18.7 Å². The largest absolute Gasteiger partial charge is 0.355 e. The lowest BCUT2D eigenvalue weighted by Crippen LogP contribution is -2.23. The van der Waals surface area contributed by atoms with E-state index in [1.54, 1.807) is 11.8 Å². The average Bonchev–Trinajstić information content (AvgIpc) is 2.97. The van der Waals surface area contributed by atoms with Gasteiger partial charge >= 0.3 is 0 Å². The highest BCUT2D eigenvalue weighted by Crippen LogP contribution is 2.19. The first-order valence-electron chi connectivity index (χ1n) is 8.38. The molecule has 0 bridgehead atoms. The summed E-state index contributed by atoms with van der Waals surface area (Å²) in [6.45, 7) is 0.867. The zero-order chi connectivity index (χ0) is 17.9. The molecule has 5 heteroatoms. The molecule has 132 valence electrons. The van der Waals surface area contributed by atoms with Gasteiger partial charge in [0.2, 0.25) is 5.91 Å². The van der Waals surface area contributed by atoms with Crippen LogP contribution >= 0.6 is 11.8 Å². The highest BCUT2D eigenvalue weighted by atomic mass is 32.2. The molecule has 0 aliphatic carbocycles. The van der Waals surface area contributed by atoms with Crippen molar-refractivity contribution in [3.63, 3.8) is 0 Å². The molecule has 0 saturated carbocycles. The van der Waals surface area contributed by atoms with E-state index in [1.165, 1.54) is 23.6 Å². The second kappa shape index (κ2) is 10.6. The van der Waals surface area contributed by atoms with Crippen molar-refractivity contribution in [2.75, 3.05) is 25.1 Å². The highest BCUT2D eigenvalue weighted by molar-refractivity contribution is 7.99. The maximum atomic E-state index is 10.6. The van der Waals surface area contributed by atoms with Gasteiger partial charge in [-0.15, -0.1) is 0 Å². The van der Waals surface area contributed by atoms with Crippen LogP contribution in [0.2, 0.25) is 0 Å². The molecule has 2 aromatic carbocycles. The molecular weight excluding hydrogens is 330 g/mol. The number of thioether (sulfide) groups is 1. The number of benzene rings is 2. The number of para-hydroxylation sites is 2. The molecule has 1 saturated heterocycles. The monoisotopic (exact) mass is 355 g/mol. The second-order valence-electron chi connectivity index (χ2n) is 5.34. The molecule has 4 rings (SSSR count). The van der Waals surface area contributed by atoms with Gasteiger partial charge in [0.05, 0.1) is 11.3 Å². The summed E-state index contributed by atoms with van der Waals surface area (Å²) in [7, 11) is 1.50. The van der Waals surface area contributed by atoms with Crippen LogP contribution in [0.3, 0.4) is 0 Å². The smallest absolute Gasteiger partial charge is 0.229 e. The van der Waals surface area contributed by atoms with Crippen molar-refractivity contribution in [2.45, 2.75) is 6.42 Å². The van der Waals surface area contributed by atoms with Crippen LogP contribution in [0.5, 0.6) is 0 Å². The van der Waals surface area contributed by atoms with E-state index in [2.05, 4.69) is 76.4 Å². The van der Waals surface area contributed by atoms with Crippen LogP contribution in [0.25, 0.3) is 16.6 Å². The number of aromatic nitrogens is 1. The molecule has 1 aliphatic rings. The molecule has 0 spiro atoms. The van der Waals surface area contributed by atoms with Gasteiger partial charge in [-0.05, 0) is 48.9 Å². The number of nitrogens with two attached hydrogens (primary N) is 1. The Hall–Kier alpha value is -2.24. The molecule has 3 N–H and O–H groups in total.